The van der Waals surface area contributed by atoms with E-state index in [1.165, 1.54) is 25.7 Å². The molecule has 1 saturated heterocycles. The molecule has 3 rings (SSSR count). The SMILES string of the molecule is CN1CCN(C(=NCC2CCCC(CN)C2)Nc2ccccc2)CC1. The summed E-state index contributed by atoms with van der Waals surface area (Å²) in [5, 5.41) is 3.56. The number of aliphatic imine (C=N–C) groups is 1. The summed E-state index contributed by atoms with van der Waals surface area (Å²) in [5.74, 6) is 2.42. The van der Waals surface area contributed by atoms with Gasteiger partial charge in [-0.15, -0.1) is 0 Å². The first kappa shape index (κ1) is 18.2. The Kier molecular flexibility index (Phi) is 6.70. The van der Waals surface area contributed by atoms with Gasteiger partial charge in [0, 0.05) is 38.4 Å². The number of nitrogens with one attached hydrogen (secondary N) is 1. The molecule has 1 heterocycles. The van der Waals surface area contributed by atoms with E-state index < -0.39 is 0 Å². The number of guanidine groups is 1. The standard InChI is InChI=1S/C20H33N5/c1-24-10-12-25(13-11-24)20(23-19-8-3-2-4-9-19)22-16-18-7-5-6-17(14-18)15-21/h2-4,8-9,17-18H,5-7,10-16,21H2,1H3,(H,22,23). The summed E-state index contributed by atoms with van der Waals surface area (Å²) in [6.07, 6.45) is 5.13. The monoisotopic (exact) mass is 343 g/mol. The van der Waals surface area contributed by atoms with Gasteiger partial charge in [-0.25, -0.2) is 0 Å². The quantitative estimate of drug-likeness (QED) is 0.651. The van der Waals surface area contributed by atoms with Crippen molar-refractivity contribution in [3.05, 3.63) is 30.3 Å². The number of hydrogen-bond donors (Lipinski definition) is 2. The van der Waals surface area contributed by atoms with Gasteiger partial charge in [0.25, 0.3) is 0 Å². The van der Waals surface area contributed by atoms with E-state index in [1.807, 2.05) is 6.07 Å². The number of nitrogens with zero attached hydrogens (tertiary/aromatic N) is 3. The molecule has 0 aromatic heterocycles. The van der Waals surface area contributed by atoms with Crippen LogP contribution in [0.5, 0.6) is 0 Å². The molecule has 0 bridgehead atoms. The summed E-state index contributed by atoms with van der Waals surface area (Å²) >= 11 is 0. The Morgan fingerprint density at radius 3 is 2.56 bits per heavy atom. The summed E-state index contributed by atoms with van der Waals surface area (Å²) in [4.78, 5) is 9.81. The predicted molar refractivity (Wildman–Crippen MR) is 106 cm³/mol. The van der Waals surface area contributed by atoms with E-state index in [2.05, 4.69) is 46.4 Å². The van der Waals surface area contributed by atoms with Crippen molar-refractivity contribution in [2.75, 3.05) is 51.6 Å². The lowest BCUT2D eigenvalue weighted by Gasteiger charge is -2.35. The number of anilines is 1. The van der Waals surface area contributed by atoms with Crippen molar-refractivity contribution < 1.29 is 0 Å². The zero-order valence-electron chi connectivity index (χ0n) is 15.5. The van der Waals surface area contributed by atoms with Crippen molar-refractivity contribution in [2.24, 2.45) is 22.6 Å². The average molecular weight is 344 g/mol. The Morgan fingerprint density at radius 2 is 1.84 bits per heavy atom. The van der Waals surface area contributed by atoms with E-state index in [-0.39, 0.29) is 0 Å². The largest absolute Gasteiger partial charge is 0.340 e. The van der Waals surface area contributed by atoms with Crippen LogP contribution in [0, 0.1) is 11.8 Å². The number of rotatable bonds is 4. The Bertz CT molecular complexity index is 536. The molecule has 1 saturated carbocycles. The summed E-state index contributed by atoms with van der Waals surface area (Å²) < 4.78 is 0. The van der Waals surface area contributed by atoms with Gasteiger partial charge >= 0.3 is 0 Å². The fourth-order valence-electron chi connectivity index (χ4n) is 3.89. The first-order valence-corrected chi connectivity index (χ1v) is 9.74. The number of hydrogen-bond acceptors (Lipinski definition) is 3. The van der Waals surface area contributed by atoms with Crippen LogP contribution in [-0.4, -0.2) is 62.1 Å². The second-order valence-corrected chi connectivity index (χ2v) is 7.58. The Labute approximate surface area is 152 Å². The highest BCUT2D eigenvalue weighted by atomic mass is 15.3. The summed E-state index contributed by atoms with van der Waals surface area (Å²) in [7, 11) is 2.19. The van der Waals surface area contributed by atoms with Crippen LogP contribution >= 0.6 is 0 Å². The first-order valence-electron chi connectivity index (χ1n) is 9.74. The highest BCUT2D eigenvalue weighted by Gasteiger charge is 2.22. The second-order valence-electron chi connectivity index (χ2n) is 7.58. The van der Waals surface area contributed by atoms with Crippen molar-refractivity contribution in [2.45, 2.75) is 25.7 Å². The predicted octanol–water partition coefficient (Wildman–Crippen LogP) is 2.47. The lowest BCUT2D eigenvalue weighted by Crippen LogP contribution is -2.49. The summed E-state index contributed by atoms with van der Waals surface area (Å²) in [5.41, 5.74) is 7.01. The van der Waals surface area contributed by atoms with Gasteiger partial charge in [0.2, 0.25) is 0 Å². The third kappa shape index (κ3) is 5.44. The topological polar surface area (TPSA) is 56.9 Å². The lowest BCUT2D eigenvalue weighted by molar-refractivity contribution is 0.214. The average Bonchev–Trinajstić information content (AvgIpc) is 2.67. The minimum absolute atomic E-state index is 0.683. The molecule has 5 nitrogen and oxygen atoms in total. The van der Waals surface area contributed by atoms with Crippen LogP contribution in [0.2, 0.25) is 0 Å². The fraction of sp³-hybridized carbons (Fsp3) is 0.650. The molecule has 5 heteroatoms. The molecule has 25 heavy (non-hydrogen) atoms. The molecule has 0 radical (unpaired) electrons. The molecule has 138 valence electrons. The second kappa shape index (κ2) is 9.20. The van der Waals surface area contributed by atoms with E-state index in [0.29, 0.717) is 11.8 Å². The van der Waals surface area contributed by atoms with Gasteiger partial charge in [-0.05, 0) is 56.8 Å². The molecule has 3 N–H and O–H groups in total. The highest BCUT2D eigenvalue weighted by Crippen LogP contribution is 2.28. The molecule has 0 amide bonds. The number of likely N-dealkylation sites (N-methyl/N-ethyl adjacent to an activating group) is 1. The van der Waals surface area contributed by atoms with Gasteiger partial charge in [-0.3, -0.25) is 4.99 Å². The van der Waals surface area contributed by atoms with E-state index in [1.54, 1.807) is 0 Å². The minimum Gasteiger partial charge on any atom is -0.340 e. The van der Waals surface area contributed by atoms with Crippen molar-refractivity contribution in [3.63, 3.8) is 0 Å². The van der Waals surface area contributed by atoms with E-state index >= 15 is 0 Å². The van der Waals surface area contributed by atoms with Gasteiger partial charge < -0.3 is 20.9 Å². The molecule has 1 aliphatic heterocycles. The lowest BCUT2D eigenvalue weighted by atomic mass is 9.81. The molecular weight excluding hydrogens is 310 g/mol. The number of nitrogens with two attached hydrogens (primary N) is 1. The molecule has 2 unspecified atom stereocenters. The van der Waals surface area contributed by atoms with E-state index in [4.69, 9.17) is 10.7 Å². The van der Waals surface area contributed by atoms with Gasteiger partial charge in [0.15, 0.2) is 5.96 Å². The third-order valence-corrected chi connectivity index (χ3v) is 5.56. The molecule has 0 spiro atoms. The van der Waals surface area contributed by atoms with Crippen LogP contribution in [0.15, 0.2) is 35.3 Å². The van der Waals surface area contributed by atoms with Gasteiger partial charge in [-0.1, -0.05) is 24.6 Å². The highest BCUT2D eigenvalue weighted by molar-refractivity contribution is 5.93. The summed E-state index contributed by atoms with van der Waals surface area (Å²) in [6.45, 7) is 5.99. The zero-order chi connectivity index (χ0) is 17.5. The third-order valence-electron chi connectivity index (χ3n) is 5.56. The van der Waals surface area contributed by atoms with Crippen LogP contribution in [0.4, 0.5) is 5.69 Å². The molecule has 2 atom stereocenters. The maximum atomic E-state index is 5.89. The Balaban J connectivity index is 1.66. The maximum Gasteiger partial charge on any atom is 0.198 e. The van der Waals surface area contributed by atoms with Crippen LogP contribution < -0.4 is 11.1 Å². The molecule has 2 fully saturated rings. The van der Waals surface area contributed by atoms with Crippen molar-refractivity contribution in [1.82, 2.24) is 9.80 Å². The van der Waals surface area contributed by atoms with Crippen LogP contribution in [0.1, 0.15) is 25.7 Å². The molecule has 1 aliphatic carbocycles. The van der Waals surface area contributed by atoms with Crippen molar-refractivity contribution in [1.29, 1.82) is 0 Å². The van der Waals surface area contributed by atoms with Gasteiger partial charge in [0.05, 0.1) is 0 Å². The van der Waals surface area contributed by atoms with Crippen molar-refractivity contribution >= 4 is 11.6 Å². The Hall–Kier alpha value is -1.59. The van der Waals surface area contributed by atoms with Gasteiger partial charge in [-0.2, -0.15) is 0 Å². The number of piperazine rings is 1. The zero-order valence-corrected chi connectivity index (χ0v) is 15.5. The minimum atomic E-state index is 0.683. The van der Waals surface area contributed by atoms with Crippen LogP contribution in [0.3, 0.4) is 0 Å². The van der Waals surface area contributed by atoms with Crippen LogP contribution in [-0.2, 0) is 0 Å². The van der Waals surface area contributed by atoms with E-state index in [9.17, 15) is 0 Å². The molecular formula is C20H33N5. The summed E-state index contributed by atoms with van der Waals surface area (Å²) in [6, 6.07) is 10.4. The van der Waals surface area contributed by atoms with Gasteiger partial charge in [0.1, 0.15) is 0 Å². The van der Waals surface area contributed by atoms with Crippen molar-refractivity contribution in [3.8, 4) is 0 Å². The van der Waals surface area contributed by atoms with Crippen LogP contribution in [0.25, 0.3) is 0 Å². The normalized spacial score (nSPS) is 25.8. The van der Waals surface area contributed by atoms with E-state index in [0.717, 1.165) is 50.9 Å². The molecule has 1 aromatic rings. The fourth-order valence-corrected chi connectivity index (χ4v) is 3.89. The maximum absolute atomic E-state index is 5.89. The Morgan fingerprint density at radius 1 is 1.12 bits per heavy atom. The molecule has 2 aliphatic rings. The first-order chi connectivity index (χ1) is 12.2. The number of benzene rings is 1. The molecule has 1 aromatic carbocycles. The smallest absolute Gasteiger partial charge is 0.198 e. The number of para-hydroxylation sites is 1.